The Labute approximate surface area is 156 Å². The Balaban J connectivity index is 0.00000196. The van der Waals surface area contributed by atoms with Gasteiger partial charge >= 0.3 is 5.69 Å². The number of halogens is 1. The number of likely N-dealkylation sites (tertiary alicyclic amines) is 1. The van der Waals surface area contributed by atoms with Crippen molar-refractivity contribution in [1.29, 1.82) is 0 Å². The highest BCUT2D eigenvalue weighted by atomic mass is 35.5. The summed E-state index contributed by atoms with van der Waals surface area (Å²) in [6.07, 6.45) is 3.57. The van der Waals surface area contributed by atoms with Gasteiger partial charge in [-0.25, -0.2) is 4.79 Å². The summed E-state index contributed by atoms with van der Waals surface area (Å²) < 4.78 is 1.48. The number of carbonyl (C=O) groups is 1. The van der Waals surface area contributed by atoms with Crippen molar-refractivity contribution in [3.05, 3.63) is 45.1 Å². The number of amides is 1. The maximum atomic E-state index is 12.6. The van der Waals surface area contributed by atoms with E-state index in [9.17, 15) is 14.4 Å². The molecule has 1 aromatic carbocycles. The van der Waals surface area contributed by atoms with Crippen LogP contribution in [0.15, 0.2) is 33.9 Å². The van der Waals surface area contributed by atoms with E-state index in [-0.39, 0.29) is 31.3 Å². The quantitative estimate of drug-likeness (QED) is 0.829. The van der Waals surface area contributed by atoms with Gasteiger partial charge in [-0.2, -0.15) is 0 Å². The van der Waals surface area contributed by atoms with Gasteiger partial charge in [-0.1, -0.05) is 12.1 Å². The molecule has 140 valence electrons. The molecular formula is C18H23ClN4O3. The van der Waals surface area contributed by atoms with Crippen molar-refractivity contribution in [2.75, 3.05) is 13.1 Å². The molecule has 26 heavy (non-hydrogen) atoms. The number of H-pyrrole nitrogens is 1. The van der Waals surface area contributed by atoms with Gasteiger partial charge in [0.25, 0.3) is 5.56 Å². The van der Waals surface area contributed by atoms with E-state index in [0.717, 1.165) is 25.9 Å². The molecular weight excluding hydrogens is 356 g/mol. The molecule has 2 saturated heterocycles. The van der Waals surface area contributed by atoms with Crippen LogP contribution in [-0.4, -0.2) is 45.5 Å². The van der Waals surface area contributed by atoms with Crippen LogP contribution >= 0.6 is 12.4 Å². The summed E-state index contributed by atoms with van der Waals surface area (Å²) in [5.41, 5.74) is -0.286. The van der Waals surface area contributed by atoms with Crippen LogP contribution in [0, 0.1) is 0 Å². The average molecular weight is 379 g/mol. The Morgan fingerprint density at radius 3 is 2.73 bits per heavy atom. The molecule has 2 aliphatic rings. The topological polar surface area (TPSA) is 87.2 Å². The summed E-state index contributed by atoms with van der Waals surface area (Å²) in [7, 11) is 0. The number of nitrogens with zero attached hydrogens (tertiary/aromatic N) is 2. The zero-order chi connectivity index (χ0) is 17.4. The van der Waals surface area contributed by atoms with Gasteiger partial charge in [-0.3, -0.25) is 19.1 Å². The van der Waals surface area contributed by atoms with Gasteiger partial charge in [0.1, 0.15) is 0 Å². The predicted octanol–water partition coefficient (Wildman–Crippen LogP) is 0.855. The molecule has 0 spiro atoms. The number of benzene rings is 1. The summed E-state index contributed by atoms with van der Waals surface area (Å²) in [4.78, 5) is 40.9. The minimum atomic E-state index is -0.465. The van der Waals surface area contributed by atoms with E-state index in [1.54, 1.807) is 24.3 Å². The van der Waals surface area contributed by atoms with Crippen LogP contribution in [0.25, 0.3) is 10.9 Å². The van der Waals surface area contributed by atoms with Crippen LogP contribution in [0.2, 0.25) is 0 Å². The second-order valence-corrected chi connectivity index (χ2v) is 6.94. The fraction of sp³-hybridized carbons (Fsp3) is 0.500. The molecule has 4 rings (SSSR count). The first-order valence-corrected chi connectivity index (χ1v) is 8.87. The number of fused-ring (bicyclic) bond motifs is 3. The highest BCUT2D eigenvalue weighted by Gasteiger charge is 2.30. The second-order valence-electron chi connectivity index (χ2n) is 6.94. The van der Waals surface area contributed by atoms with Crippen molar-refractivity contribution in [1.82, 2.24) is 19.8 Å². The smallest absolute Gasteiger partial charge is 0.328 e. The second kappa shape index (κ2) is 7.63. The maximum absolute atomic E-state index is 12.6. The number of nitrogens with one attached hydrogen (secondary N) is 2. The van der Waals surface area contributed by atoms with Crippen molar-refractivity contribution in [3.63, 3.8) is 0 Å². The molecule has 2 aliphatic heterocycles. The highest BCUT2D eigenvalue weighted by Crippen LogP contribution is 2.20. The van der Waals surface area contributed by atoms with Crippen molar-refractivity contribution in [3.8, 4) is 0 Å². The van der Waals surface area contributed by atoms with Gasteiger partial charge in [0.05, 0.1) is 10.9 Å². The van der Waals surface area contributed by atoms with Crippen molar-refractivity contribution in [2.24, 2.45) is 0 Å². The van der Waals surface area contributed by atoms with Crippen LogP contribution < -0.4 is 16.6 Å². The van der Waals surface area contributed by atoms with Gasteiger partial charge in [-0.15, -0.1) is 12.4 Å². The van der Waals surface area contributed by atoms with E-state index in [1.165, 1.54) is 11.0 Å². The molecule has 0 aliphatic carbocycles. The van der Waals surface area contributed by atoms with E-state index in [4.69, 9.17) is 0 Å². The van der Waals surface area contributed by atoms with Gasteiger partial charge in [0.2, 0.25) is 5.91 Å². The molecule has 3 heterocycles. The summed E-state index contributed by atoms with van der Waals surface area (Å²) in [5, 5.41) is 4.03. The average Bonchev–Trinajstić information content (AvgIpc) is 2.93. The predicted molar refractivity (Wildman–Crippen MR) is 102 cm³/mol. The van der Waals surface area contributed by atoms with Crippen LogP contribution in [0.1, 0.15) is 25.7 Å². The van der Waals surface area contributed by atoms with E-state index in [1.807, 2.05) is 4.90 Å². The first-order valence-electron chi connectivity index (χ1n) is 8.87. The van der Waals surface area contributed by atoms with E-state index in [2.05, 4.69) is 10.3 Å². The molecule has 1 aromatic heterocycles. The van der Waals surface area contributed by atoms with Crippen LogP contribution in [0.3, 0.4) is 0 Å². The molecule has 2 aromatic rings. The zero-order valence-corrected chi connectivity index (χ0v) is 15.3. The van der Waals surface area contributed by atoms with Crippen molar-refractivity contribution in [2.45, 2.75) is 44.3 Å². The number of carbonyl (C=O) groups excluding carboxylic acids is 1. The molecule has 2 N–H and O–H groups in total. The standard InChI is InChI=1S/C18H22N4O3.ClH/c23-16(21-9-7-12-5-6-13(11-21)19-12)8-10-22-15-4-2-1-3-14(15)17(24)20-18(22)25;/h1-4,12-13,19H,5-11H2,(H,20,24,25);1H. The molecule has 0 radical (unpaired) electrons. The van der Waals surface area contributed by atoms with Crippen LogP contribution in [-0.2, 0) is 11.3 Å². The number of aromatic nitrogens is 2. The Morgan fingerprint density at radius 1 is 1.12 bits per heavy atom. The normalized spacial score (nSPS) is 22.1. The Kier molecular flexibility index (Phi) is 5.48. The van der Waals surface area contributed by atoms with Gasteiger partial charge in [0.15, 0.2) is 0 Å². The first kappa shape index (κ1) is 18.7. The van der Waals surface area contributed by atoms with Crippen molar-refractivity contribution < 1.29 is 4.79 Å². The fourth-order valence-corrected chi connectivity index (χ4v) is 4.00. The SMILES string of the molecule is Cl.O=C(CCn1c(=O)[nH]c(=O)c2ccccc21)N1CCC2CCC(C1)N2. The van der Waals surface area contributed by atoms with E-state index >= 15 is 0 Å². The molecule has 2 atom stereocenters. The lowest BCUT2D eigenvalue weighted by molar-refractivity contribution is -0.131. The molecule has 2 bridgehead atoms. The molecule has 2 unspecified atom stereocenters. The van der Waals surface area contributed by atoms with Gasteiger partial charge in [-0.05, 0) is 31.4 Å². The van der Waals surface area contributed by atoms with Crippen LogP contribution in [0.4, 0.5) is 0 Å². The number of hydrogen-bond donors (Lipinski definition) is 2. The number of aryl methyl sites for hydroxylation is 1. The number of aromatic amines is 1. The zero-order valence-electron chi connectivity index (χ0n) is 14.4. The third-order valence-electron chi connectivity index (χ3n) is 5.33. The largest absolute Gasteiger partial charge is 0.341 e. The highest BCUT2D eigenvalue weighted by molar-refractivity contribution is 5.85. The Morgan fingerprint density at radius 2 is 1.88 bits per heavy atom. The maximum Gasteiger partial charge on any atom is 0.328 e. The third-order valence-corrected chi connectivity index (χ3v) is 5.33. The Hall–Kier alpha value is -2.12. The molecule has 2 fully saturated rings. The minimum Gasteiger partial charge on any atom is -0.341 e. The Bertz CT molecular complexity index is 923. The summed E-state index contributed by atoms with van der Waals surface area (Å²) in [5.74, 6) is 0.0662. The van der Waals surface area contributed by atoms with E-state index < -0.39 is 11.2 Å². The van der Waals surface area contributed by atoms with Gasteiger partial charge < -0.3 is 10.2 Å². The third kappa shape index (κ3) is 3.54. The summed E-state index contributed by atoms with van der Waals surface area (Å²) >= 11 is 0. The first-order chi connectivity index (χ1) is 12.1. The summed E-state index contributed by atoms with van der Waals surface area (Å²) in [6, 6.07) is 7.91. The molecule has 1 amide bonds. The fourth-order valence-electron chi connectivity index (χ4n) is 4.00. The monoisotopic (exact) mass is 378 g/mol. The molecule has 7 nitrogen and oxygen atoms in total. The summed E-state index contributed by atoms with van der Waals surface area (Å²) in [6.45, 7) is 1.79. The number of para-hydroxylation sites is 1. The van der Waals surface area contributed by atoms with Gasteiger partial charge in [0, 0.05) is 38.1 Å². The van der Waals surface area contributed by atoms with E-state index in [0.29, 0.717) is 23.0 Å². The molecule has 0 saturated carbocycles. The minimum absolute atomic E-state index is 0. The number of rotatable bonds is 3. The van der Waals surface area contributed by atoms with Crippen molar-refractivity contribution >= 4 is 29.2 Å². The lowest BCUT2D eigenvalue weighted by Gasteiger charge is -2.24. The lowest BCUT2D eigenvalue weighted by Crippen LogP contribution is -2.40. The number of hydrogen-bond acceptors (Lipinski definition) is 4. The van der Waals surface area contributed by atoms with Crippen LogP contribution in [0.5, 0.6) is 0 Å². The molecule has 8 heteroatoms. The lowest BCUT2D eigenvalue weighted by atomic mass is 10.1.